The Hall–Kier alpha value is -1.71. The first-order valence-electron chi connectivity index (χ1n) is 6.50. The minimum absolute atomic E-state index is 0.176. The highest BCUT2D eigenvalue weighted by Gasteiger charge is 2.26. The number of amidine groups is 1. The van der Waals surface area contributed by atoms with E-state index in [1.807, 2.05) is 24.3 Å². The molecule has 4 nitrogen and oxygen atoms in total. The lowest BCUT2D eigenvalue weighted by molar-refractivity contribution is 0.318. The summed E-state index contributed by atoms with van der Waals surface area (Å²) in [5.74, 6) is 0.176. The van der Waals surface area contributed by atoms with Crippen molar-refractivity contribution in [2.45, 2.75) is 45.2 Å². The molecule has 1 fully saturated rings. The number of anilines is 1. The fraction of sp³-hybridized carbons (Fsp3) is 0.500. The van der Waals surface area contributed by atoms with E-state index in [-0.39, 0.29) is 5.84 Å². The molecule has 1 aliphatic heterocycles. The van der Waals surface area contributed by atoms with Crippen LogP contribution in [0.1, 0.15) is 38.7 Å². The Balaban J connectivity index is 2.43. The Morgan fingerprint density at radius 3 is 2.50 bits per heavy atom. The van der Waals surface area contributed by atoms with E-state index in [9.17, 15) is 0 Å². The van der Waals surface area contributed by atoms with Crippen LogP contribution in [0.2, 0.25) is 0 Å². The number of rotatable bonds is 2. The Bertz CT molecular complexity index is 434. The van der Waals surface area contributed by atoms with Crippen LogP contribution in [-0.2, 0) is 0 Å². The van der Waals surface area contributed by atoms with Crippen LogP contribution in [0, 0.1) is 0 Å². The van der Waals surface area contributed by atoms with Gasteiger partial charge in [-0.05, 0) is 45.2 Å². The predicted octanol–water partition coefficient (Wildman–Crippen LogP) is 2.55. The molecule has 18 heavy (non-hydrogen) atoms. The third-order valence-corrected chi connectivity index (χ3v) is 3.76. The van der Waals surface area contributed by atoms with Gasteiger partial charge in [0, 0.05) is 23.3 Å². The summed E-state index contributed by atoms with van der Waals surface area (Å²) in [6.45, 7) is 4.47. The molecule has 2 rings (SSSR count). The Morgan fingerprint density at radius 1 is 1.28 bits per heavy atom. The van der Waals surface area contributed by atoms with Crippen LogP contribution in [-0.4, -0.2) is 23.1 Å². The van der Waals surface area contributed by atoms with E-state index in [1.54, 1.807) is 0 Å². The highest BCUT2D eigenvalue weighted by molar-refractivity contribution is 6.02. The van der Waals surface area contributed by atoms with Crippen molar-refractivity contribution in [3.63, 3.8) is 0 Å². The molecule has 1 aliphatic rings. The third-order valence-electron chi connectivity index (χ3n) is 3.76. The zero-order valence-corrected chi connectivity index (χ0v) is 11.0. The van der Waals surface area contributed by atoms with Gasteiger partial charge in [-0.3, -0.25) is 0 Å². The van der Waals surface area contributed by atoms with Crippen molar-refractivity contribution in [1.29, 1.82) is 0 Å². The molecule has 1 heterocycles. The van der Waals surface area contributed by atoms with Crippen molar-refractivity contribution in [3.8, 4) is 0 Å². The third kappa shape index (κ3) is 2.28. The molecule has 2 atom stereocenters. The van der Waals surface area contributed by atoms with Crippen molar-refractivity contribution in [1.82, 2.24) is 0 Å². The number of para-hydroxylation sites is 1. The van der Waals surface area contributed by atoms with Gasteiger partial charge in [0.05, 0.1) is 0 Å². The summed E-state index contributed by atoms with van der Waals surface area (Å²) in [6.07, 6.45) is 3.65. The molecule has 0 saturated carbocycles. The monoisotopic (exact) mass is 247 g/mol. The first kappa shape index (κ1) is 12.7. The number of oxime groups is 1. The normalized spacial score (nSPS) is 25.2. The van der Waals surface area contributed by atoms with Crippen molar-refractivity contribution in [2.24, 2.45) is 10.9 Å². The molecule has 0 radical (unpaired) electrons. The summed E-state index contributed by atoms with van der Waals surface area (Å²) in [6, 6.07) is 8.83. The van der Waals surface area contributed by atoms with Gasteiger partial charge in [0.25, 0.3) is 0 Å². The van der Waals surface area contributed by atoms with Crippen molar-refractivity contribution >= 4 is 11.5 Å². The van der Waals surface area contributed by atoms with E-state index >= 15 is 0 Å². The summed E-state index contributed by atoms with van der Waals surface area (Å²) in [4.78, 5) is 2.39. The maximum Gasteiger partial charge on any atom is 0.172 e. The zero-order chi connectivity index (χ0) is 13.1. The second-order valence-electron chi connectivity index (χ2n) is 5.04. The SMILES string of the molecule is CC1CCCC(C)N1c1ccccc1/C(N)=N/O. The summed E-state index contributed by atoms with van der Waals surface area (Å²) >= 11 is 0. The van der Waals surface area contributed by atoms with E-state index in [4.69, 9.17) is 10.9 Å². The maximum absolute atomic E-state index is 8.89. The number of hydrogen-bond acceptors (Lipinski definition) is 3. The minimum Gasteiger partial charge on any atom is -0.409 e. The van der Waals surface area contributed by atoms with Crippen LogP contribution in [0.5, 0.6) is 0 Å². The molecule has 2 unspecified atom stereocenters. The Morgan fingerprint density at radius 2 is 1.89 bits per heavy atom. The van der Waals surface area contributed by atoms with Gasteiger partial charge in [0.2, 0.25) is 0 Å². The van der Waals surface area contributed by atoms with Crippen molar-refractivity contribution < 1.29 is 5.21 Å². The maximum atomic E-state index is 8.89. The van der Waals surface area contributed by atoms with Crippen LogP contribution < -0.4 is 10.6 Å². The number of hydrogen-bond donors (Lipinski definition) is 2. The standard InChI is InChI=1S/C14H21N3O/c1-10-6-5-7-11(2)17(10)13-9-4-3-8-12(13)14(15)16-18/h3-4,8-11,18H,5-7H2,1-2H3,(H2,15,16). The first-order chi connectivity index (χ1) is 8.65. The lowest BCUT2D eigenvalue weighted by Gasteiger charge is -2.41. The number of nitrogens with two attached hydrogens (primary N) is 1. The molecule has 1 aromatic rings. The van der Waals surface area contributed by atoms with E-state index in [0.29, 0.717) is 12.1 Å². The predicted molar refractivity (Wildman–Crippen MR) is 74.2 cm³/mol. The summed E-state index contributed by atoms with van der Waals surface area (Å²) in [7, 11) is 0. The molecular weight excluding hydrogens is 226 g/mol. The van der Waals surface area contributed by atoms with Gasteiger partial charge in [-0.2, -0.15) is 0 Å². The lowest BCUT2D eigenvalue weighted by Crippen LogP contribution is -2.44. The van der Waals surface area contributed by atoms with Crippen LogP contribution in [0.3, 0.4) is 0 Å². The van der Waals surface area contributed by atoms with Gasteiger partial charge >= 0.3 is 0 Å². The number of nitrogens with zero attached hydrogens (tertiary/aromatic N) is 2. The quantitative estimate of drug-likeness (QED) is 0.365. The fourth-order valence-corrected chi connectivity index (χ4v) is 2.87. The lowest BCUT2D eigenvalue weighted by atomic mass is 9.95. The Labute approximate surface area is 108 Å². The van der Waals surface area contributed by atoms with Crippen molar-refractivity contribution in [2.75, 3.05) is 4.90 Å². The van der Waals surface area contributed by atoms with E-state index in [0.717, 1.165) is 11.3 Å². The topological polar surface area (TPSA) is 61.8 Å². The summed E-state index contributed by atoms with van der Waals surface area (Å²) in [5, 5.41) is 12.0. The Kier molecular flexibility index (Phi) is 3.75. The second kappa shape index (κ2) is 5.29. The van der Waals surface area contributed by atoms with Crippen LogP contribution >= 0.6 is 0 Å². The second-order valence-corrected chi connectivity index (χ2v) is 5.04. The van der Waals surface area contributed by atoms with Crippen LogP contribution in [0.25, 0.3) is 0 Å². The summed E-state index contributed by atoms with van der Waals surface area (Å²) in [5.41, 5.74) is 7.63. The number of benzene rings is 1. The van der Waals surface area contributed by atoms with Crippen molar-refractivity contribution in [3.05, 3.63) is 29.8 Å². The van der Waals surface area contributed by atoms with Gasteiger partial charge in [0.15, 0.2) is 5.84 Å². The molecule has 0 amide bonds. The van der Waals surface area contributed by atoms with E-state index in [1.165, 1.54) is 19.3 Å². The minimum atomic E-state index is 0.176. The van der Waals surface area contributed by atoms with Crippen LogP contribution in [0.15, 0.2) is 29.4 Å². The molecule has 0 bridgehead atoms. The summed E-state index contributed by atoms with van der Waals surface area (Å²) < 4.78 is 0. The average Bonchev–Trinajstić information content (AvgIpc) is 2.38. The molecule has 3 N–H and O–H groups in total. The van der Waals surface area contributed by atoms with Gasteiger partial charge in [0.1, 0.15) is 0 Å². The van der Waals surface area contributed by atoms with Gasteiger partial charge in [-0.15, -0.1) is 0 Å². The van der Waals surface area contributed by atoms with E-state index < -0.39 is 0 Å². The molecule has 1 saturated heterocycles. The largest absolute Gasteiger partial charge is 0.409 e. The molecule has 0 aliphatic carbocycles. The highest BCUT2D eigenvalue weighted by atomic mass is 16.4. The van der Waals surface area contributed by atoms with Gasteiger partial charge in [-0.25, -0.2) is 0 Å². The molecule has 98 valence electrons. The molecule has 4 heteroatoms. The highest BCUT2D eigenvalue weighted by Crippen LogP contribution is 2.31. The van der Waals surface area contributed by atoms with Gasteiger partial charge < -0.3 is 15.8 Å². The fourth-order valence-electron chi connectivity index (χ4n) is 2.87. The molecule has 0 aromatic heterocycles. The molecule has 1 aromatic carbocycles. The zero-order valence-electron chi connectivity index (χ0n) is 11.0. The number of piperidine rings is 1. The average molecular weight is 247 g/mol. The van der Waals surface area contributed by atoms with E-state index in [2.05, 4.69) is 23.9 Å². The molecule has 0 spiro atoms. The molecular formula is C14H21N3O. The first-order valence-corrected chi connectivity index (χ1v) is 6.50. The smallest absolute Gasteiger partial charge is 0.172 e. The van der Waals surface area contributed by atoms with Crippen LogP contribution in [0.4, 0.5) is 5.69 Å². The van der Waals surface area contributed by atoms with Gasteiger partial charge in [-0.1, -0.05) is 17.3 Å².